The summed E-state index contributed by atoms with van der Waals surface area (Å²) in [7, 11) is 0. The number of imide groups is 2. The number of ketones is 1. The zero-order valence-corrected chi connectivity index (χ0v) is 34.4. The summed E-state index contributed by atoms with van der Waals surface area (Å²) in [5.74, 6) is -1.49. The number of fused-ring (bicyclic) bond motifs is 2. The van der Waals surface area contributed by atoms with Crippen LogP contribution in [0.4, 0.5) is 23.1 Å². The number of amides is 4. The molecule has 18 heteroatoms. The van der Waals surface area contributed by atoms with Crippen LogP contribution in [0, 0.1) is 6.92 Å². The Hall–Kier alpha value is -6.11. The summed E-state index contributed by atoms with van der Waals surface area (Å²) in [6, 6.07) is 7.85. The van der Waals surface area contributed by atoms with Gasteiger partial charge < -0.3 is 25.0 Å². The Morgan fingerprint density at radius 1 is 0.885 bits per heavy atom. The number of rotatable bonds is 16. The molecule has 3 fully saturated rings. The Kier molecular flexibility index (Phi) is 12.4. The summed E-state index contributed by atoms with van der Waals surface area (Å²) >= 11 is 0. The molecule has 320 valence electrons. The van der Waals surface area contributed by atoms with Gasteiger partial charge in [-0.25, -0.2) is 9.97 Å². The molecule has 4 aromatic rings. The molecule has 1 aliphatic carbocycles. The third-order valence-electron chi connectivity index (χ3n) is 11.9. The maximum Gasteiger partial charge on any atom is 0.264 e. The second-order valence-corrected chi connectivity index (χ2v) is 15.8. The fourth-order valence-corrected chi connectivity index (χ4v) is 8.74. The Bertz CT molecular complexity index is 2410. The van der Waals surface area contributed by atoms with Gasteiger partial charge in [-0.1, -0.05) is 18.9 Å². The lowest BCUT2D eigenvalue weighted by Gasteiger charge is -2.35. The van der Waals surface area contributed by atoms with E-state index in [2.05, 4.69) is 35.7 Å². The van der Waals surface area contributed by atoms with Crippen LogP contribution in [-0.2, 0) is 19.1 Å². The van der Waals surface area contributed by atoms with Crippen molar-refractivity contribution in [1.29, 1.82) is 0 Å². The average molecular weight is 835 g/mol. The molecule has 4 amide bonds. The molecule has 1 atom stereocenters. The average Bonchev–Trinajstić information content (AvgIpc) is 3.87. The van der Waals surface area contributed by atoms with Gasteiger partial charge in [-0.2, -0.15) is 4.98 Å². The number of pyridine rings is 2. The summed E-state index contributed by atoms with van der Waals surface area (Å²) in [6.07, 6.45) is 7.50. The highest BCUT2D eigenvalue weighted by Crippen LogP contribution is 2.34. The Labute approximate surface area is 352 Å². The van der Waals surface area contributed by atoms with Crippen molar-refractivity contribution in [2.75, 3.05) is 81.2 Å². The molecular weight excluding hydrogens is 785 g/mol. The number of nitrogens with zero attached hydrogens (tertiary/aromatic N) is 7. The summed E-state index contributed by atoms with van der Waals surface area (Å²) in [4.78, 5) is 95.8. The number of piperidine rings is 1. The first-order valence-corrected chi connectivity index (χ1v) is 21.0. The summed E-state index contributed by atoms with van der Waals surface area (Å²) in [5, 5.41) is 9.28. The SMILES string of the molecule is CC(=O)c1c(C)c2cnc(Nc3ccc(N4CCN(CCOCCOCCNc5cccc6c5C(=O)N(C5CCC(=O)NC5=O)C6=O)CC4)cn3)nc2n(C2CCCC2)c1=O. The van der Waals surface area contributed by atoms with Crippen LogP contribution in [0.15, 0.2) is 47.5 Å². The number of aryl methyl sites for hydroxylation is 1. The molecule has 1 aromatic carbocycles. The fourth-order valence-electron chi connectivity index (χ4n) is 8.74. The molecule has 2 saturated heterocycles. The maximum atomic E-state index is 13.5. The van der Waals surface area contributed by atoms with Gasteiger partial charge in [-0.3, -0.25) is 48.5 Å². The lowest BCUT2D eigenvalue weighted by molar-refractivity contribution is -0.136. The predicted octanol–water partition coefficient (Wildman–Crippen LogP) is 3.22. The zero-order valence-electron chi connectivity index (χ0n) is 34.4. The third-order valence-corrected chi connectivity index (χ3v) is 11.9. The molecule has 61 heavy (non-hydrogen) atoms. The molecule has 0 bridgehead atoms. The highest BCUT2D eigenvalue weighted by atomic mass is 16.5. The van der Waals surface area contributed by atoms with Crippen LogP contribution in [0.2, 0.25) is 0 Å². The summed E-state index contributed by atoms with van der Waals surface area (Å²) < 4.78 is 13.3. The number of aromatic nitrogens is 4. The number of carbonyl (C=O) groups is 5. The van der Waals surface area contributed by atoms with Gasteiger partial charge in [0, 0.05) is 69.0 Å². The van der Waals surface area contributed by atoms with Gasteiger partial charge in [-0.05, 0) is 62.9 Å². The largest absolute Gasteiger partial charge is 0.382 e. The van der Waals surface area contributed by atoms with Gasteiger partial charge in [0.25, 0.3) is 17.4 Å². The number of ether oxygens (including phenoxy) is 2. The third kappa shape index (κ3) is 8.73. The first kappa shape index (κ1) is 41.6. The highest BCUT2D eigenvalue weighted by molar-refractivity contribution is 6.25. The molecule has 18 nitrogen and oxygen atoms in total. The van der Waals surface area contributed by atoms with Crippen molar-refractivity contribution < 1.29 is 33.4 Å². The minimum Gasteiger partial charge on any atom is -0.382 e. The normalized spacial score (nSPS) is 18.6. The molecule has 0 spiro atoms. The van der Waals surface area contributed by atoms with Crippen molar-refractivity contribution in [3.05, 3.63) is 75.3 Å². The summed E-state index contributed by atoms with van der Waals surface area (Å²) in [6.45, 7) is 9.62. The summed E-state index contributed by atoms with van der Waals surface area (Å²) in [5.41, 5.74) is 3.00. The zero-order chi connectivity index (χ0) is 42.6. The topological polar surface area (TPSA) is 210 Å². The van der Waals surface area contributed by atoms with E-state index in [1.807, 2.05) is 18.3 Å². The minimum atomic E-state index is -1.01. The van der Waals surface area contributed by atoms with E-state index in [4.69, 9.17) is 14.5 Å². The Morgan fingerprint density at radius 3 is 2.38 bits per heavy atom. The van der Waals surface area contributed by atoms with Crippen LogP contribution < -0.4 is 26.4 Å². The predicted molar refractivity (Wildman–Crippen MR) is 225 cm³/mol. The molecule has 3 aliphatic heterocycles. The molecule has 8 rings (SSSR count). The van der Waals surface area contributed by atoms with E-state index >= 15 is 0 Å². The van der Waals surface area contributed by atoms with Crippen LogP contribution in [0.25, 0.3) is 11.0 Å². The van der Waals surface area contributed by atoms with Crippen molar-refractivity contribution in [1.82, 2.24) is 34.6 Å². The Balaban J connectivity index is 0.739. The van der Waals surface area contributed by atoms with E-state index in [0.717, 1.165) is 69.0 Å². The van der Waals surface area contributed by atoms with E-state index in [9.17, 15) is 28.8 Å². The molecular formula is C43H50N10O8. The van der Waals surface area contributed by atoms with Crippen LogP contribution in [0.1, 0.15) is 88.1 Å². The number of carbonyl (C=O) groups excluding carboxylic acids is 5. The second kappa shape index (κ2) is 18.2. The van der Waals surface area contributed by atoms with Gasteiger partial charge in [0.15, 0.2) is 5.78 Å². The van der Waals surface area contributed by atoms with Gasteiger partial charge in [0.2, 0.25) is 17.8 Å². The van der Waals surface area contributed by atoms with E-state index < -0.39 is 29.7 Å². The van der Waals surface area contributed by atoms with Crippen LogP contribution in [-0.4, -0.2) is 130 Å². The number of piperazine rings is 1. The van der Waals surface area contributed by atoms with Crippen LogP contribution >= 0.6 is 0 Å². The molecule has 0 radical (unpaired) electrons. The number of nitrogens with one attached hydrogen (secondary N) is 3. The van der Waals surface area contributed by atoms with Gasteiger partial charge >= 0.3 is 0 Å². The van der Waals surface area contributed by atoms with Crippen molar-refractivity contribution in [2.45, 2.75) is 64.5 Å². The van der Waals surface area contributed by atoms with Crippen molar-refractivity contribution >= 4 is 63.6 Å². The monoisotopic (exact) mass is 834 g/mol. The highest BCUT2D eigenvalue weighted by Gasteiger charge is 2.45. The van der Waals surface area contributed by atoms with Crippen LogP contribution in [0.3, 0.4) is 0 Å². The molecule has 6 heterocycles. The number of benzene rings is 1. The second-order valence-electron chi connectivity index (χ2n) is 15.8. The molecule has 1 unspecified atom stereocenters. The van der Waals surface area contributed by atoms with Crippen molar-refractivity contribution in [2.24, 2.45) is 0 Å². The molecule has 1 saturated carbocycles. The van der Waals surface area contributed by atoms with Gasteiger partial charge in [0.05, 0.1) is 55.0 Å². The number of anilines is 4. The molecule has 4 aliphatic rings. The fraction of sp³-hybridized carbons (Fsp3) is 0.465. The first-order valence-electron chi connectivity index (χ1n) is 21.0. The van der Waals surface area contributed by atoms with E-state index in [1.54, 1.807) is 35.9 Å². The lowest BCUT2D eigenvalue weighted by atomic mass is 10.0. The van der Waals surface area contributed by atoms with Crippen LogP contribution in [0.5, 0.6) is 0 Å². The quantitative estimate of drug-likeness (QED) is 0.0841. The van der Waals surface area contributed by atoms with E-state index in [1.165, 1.54) is 6.92 Å². The molecule has 3 N–H and O–H groups in total. The van der Waals surface area contributed by atoms with Gasteiger partial charge in [-0.15, -0.1) is 0 Å². The number of Topliss-reactive ketones (excluding diaryl/α,β-unsaturated/α-hetero) is 1. The van der Waals surface area contributed by atoms with E-state index in [-0.39, 0.29) is 46.9 Å². The Morgan fingerprint density at radius 2 is 1.66 bits per heavy atom. The minimum absolute atomic E-state index is 0.00225. The standard InChI is InChI=1S/C43H50N10O8/c1-26-31-25-46-43(49-38(31)52(28-6-3-4-7-28)41(58)36(26)27(2)54)47-34-12-10-29(24-45-34)51-17-15-50(16-18-51)19-21-61-23-22-60-20-14-44-32-9-5-8-30-37(32)42(59)53(40(30)57)33-11-13-35(55)48-39(33)56/h5,8-10,12,24-25,28,33,44H,3-4,6-7,11,13-23H2,1-2H3,(H,48,55,56)(H,45,46,47,49). The first-order chi connectivity index (χ1) is 29.6. The smallest absolute Gasteiger partial charge is 0.264 e. The van der Waals surface area contributed by atoms with Crippen molar-refractivity contribution in [3.63, 3.8) is 0 Å². The number of hydrogen-bond donors (Lipinski definition) is 3. The van der Waals surface area contributed by atoms with E-state index in [0.29, 0.717) is 67.0 Å². The number of hydrogen-bond acceptors (Lipinski definition) is 15. The van der Waals surface area contributed by atoms with Gasteiger partial charge in [0.1, 0.15) is 17.5 Å². The lowest BCUT2D eigenvalue weighted by Crippen LogP contribution is -2.54. The molecule has 3 aromatic heterocycles. The maximum absolute atomic E-state index is 13.5. The van der Waals surface area contributed by atoms with Crippen molar-refractivity contribution in [3.8, 4) is 0 Å².